The summed E-state index contributed by atoms with van der Waals surface area (Å²) in [5, 5.41) is 0.611. The molecule has 0 aromatic heterocycles. The van der Waals surface area contributed by atoms with E-state index in [0.717, 1.165) is 38.9 Å². The minimum Gasteiger partial charge on any atom is -0.497 e. The van der Waals surface area contributed by atoms with Crippen molar-refractivity contribution in [3.05, 3.63) is 123 Å². The third-order valence-electron chi connectivity index (χ3n) is 8.18. The van der Waals surface area contributed by atoms with Gasteiger partial charge in [-0.1, -0.05) is 72.0 Å². The lowest BCUT2D eigenvalue weighted by molar-refractivity contribution is -0.168. The largest absolute Gasteiger partial charge is 0.497 e. The van der Waals surface area contributed by atoms with Crippen LogP contribution in [0.15, 0.2) is 84.9 Å². The van der Waals surface area contributed by atoms with Gasteiger partial charge in [0.2, 0.25) is 0 Å². The molecule has 44 heavy (non-hydrogen) atoms. The molecule has 1 heterocycles. The Balaban J connectivity index is 1.64. The zero-order valence-electron chi connectivity index (χ0n) is 24.5. The molecule has 0 fully saturated rings. The number of carbonyl (C=O) groups is 2. The van der Waals surface area contributed by atoms with Crippen LogP contribution < -0.4 is 9.47 Å². The summed E-state index contributed by atoms with van der Waals surface area (Å²) in [6.45, 7) is 0. The van der Waals surface area contributed by atoms with Crippen molar-refractivity contribution in [2.45, 2.75) is 18.9 Å². The molecule has 2 aliphatic rings. The molecule has 6 rings (SSSR count). The molecular formula is C37H29ClO6. The van der Waals surface area contributed by atoms with Gasteiger partial charge in [-0.2, -0.15) is 0 Å². The van der Waals surface area contributed by atoms with Gasteiger partial charge in [0.1, 0.15) is 17.6 Å². The molecule has 0 spiro atoms. The van der Waals surface area contributed by atoms with Crippen molar-refractivity contribution in [2.75, 3.05) is 21.3 Å². The summed E-state index contributed by atoms with van der Waals surface area (Å²) in [6, 6.07) is 24.9. The fraction of sp³-hybridized carbons (Fsp3) is 0.189. The van der Waals surface area contributed by atoms with E-state index in [9.17, 15) is 9.59 Å². The molecule has 6 nitrogen and oxygen atoms in total. The first-order valence-corrected chi connectivity index (χ1v) is 14.5. The van der Waals surface area contributed by atoms with Crippen LogP contribution in [0.2, 0.25) is 5.02 Å². The highest BCUT2D eigenvalue weighted by atomic mass is 35.5. The molecule has 1 atom stereocenters. The fourth-order valence-corrected chi connectivity index (χ4v) is 6.12. The van der Waals surface area contributed by atoms with Crippen LogP contribution >= 0.6 is 11.6 Å². The highest BCUT2D eigenvalue weighted by molar-refractivity contribution is 6.30. The van der Waals surface area contributed by atoms with Gasteiger partial charge in [-0.3, -0.25) is 9.59 Å². The Labute approximate surface area is 261 Å². The number of halogens is 1. The number of hydrogen-bond acceptors (Lipinski definition) is 6. The van der Waals surface area contributed by atoms with Crippen molar-refractivity contribution in [2.24, 2.45) is 5.41 Å². The van der Waals surface area contributed by atoms with E-state index in [4.69, 9.17) is 30.5 Å². The van der Waals surface area contributed by atoms with Gasteiger partial charge in [0, 0.05) is 45.7 Å². The van der Waals surface area contributed by atoms with E-state index in [2.05, 4.69) is 11.8 Å². The summed E-state index contributed by atoms with van der Waals surface area (Å²) in [4.78, 5) is 26.7. The number of rotatable bonds is 5. The van der Waals surface area contributed by atoms with Gasteiger partial charge in [-0.25, -0.2) is 0 Å². The molecule has 4 aromatic rings. The summed E-state index contributed by atoms with van der Waals surface area (Å²) < 4.78 is 22.5. The van der Waals surface area contributed by atoms with E-state index in [0.29, 0.717) is 22.1 Å². The topological polar surface area (TPSA) is 71.1 Å². The van der Waals surface area contributed by atoms with E-state index in [1.165, 1.54) is 14.2 Å². The van der Waals surface area contributed by atoms with Gasteiger partial charge < -0.3 is 18.9 Å². The average molecular weight is 605 g/mol. The van der Waals surface area contributed by atoms with Crippen molar-refractivity contribution < 1.29 is 28.5 Å². The van der Waals surface area contributed by atoms with Crippen LogP contribution in [0.25, 0.3) is 17.2 Å². The minimum atomic E-state index is -1.58. The second-order valence-corrected chi connectivity index (χ2v) is 11.1. The monoisotopic (exact) mass is 604 g/mol. The Morgan fingerprint density at radius 1 is 0.841 bits per heavy atom. The number of esters is 2. The third kappa shape index (κ3) is 5.10. The average Bonchev–Trinajstić information content (AvgIpc) is 3.49. The molecule has 1 aliphatic heterocycles. The molecule has 0 saturated carbocycles. The van der Waals surface area contributed by atoms with E-state index in [1.54, 1.807) is 19.2 Å². The summed E-state index contributed by atoms with van der Waals surface area (Å²) in [5.41, 5.74) is 4.86. The second kappa shape index (κ2) is 11.9. The second-order valence-electron chi connectivity index (χ2n) is 10.7. The number of carbonyl (C=O) groups excluding carboxylic acids is 2. The van der Waals surface area contributed by atoms with Gasteiger partial charge >= 0.3 is 11.9 Å². The van der Waals surface area contributed by atoms with Crippen LogP contribution in [0.1, 0.15) is 39.5 Å². The van der Waals surface area contributed by atoms with Crippen molar-refractivity contribution in [1.29, 1.82) is 0 Å². The molecule has 0 N–H and O–H groups in total. The number of methoxy groups -OCH3 is 3. The molecule has 7 heteroatoms. The predicted molar refractivity (Wildman–Crippen MR) is 169 cm³/mol. The van der Waals surface area contributed by atoms with E-state index >= 15 is 0 Å². The smallest absolute Gasteiger partial charge is 0.323 e. The maximum atomic E-state index is 13.4. The Bertz CT molecular complexity index is 1810. The first-order valence-electron chi connectivity index (χ1n) is 14.1. The molecule has 0 radical (unpaired) electrons. The highest BCUT2D eigenvalue weighted by Crippen LogP contribution is 2.52. The number of ether oxygens (including phenoxy) is 4. The normalized spacial score (nSPS) is 15.6. The molecule has 0 amide bonds. The zero-order valence-corrected chi connectivity index (χ0v) is 25.2. The van der Waals surface area contributed by atoms with Crippen LogP contribution in [0.5, 0.6) is 11.5 Å². The van der Waals surface area contributed by atoms with Crippen LogP contribution in [-0.2, 0) is 31.9 Å². The Hall–Kier alpha value is -4.99. The standard InChI is InChI=1S/C37H29ClO6/c1-41-27-16-12-25(13-17-27)33-28(18-11-23-9-14-26(38)15-10-23)30-21-37(35(39)42-2,36(40)43-3)22-31(30)34-29(33)19-20-32(44-34)24-7-5-4-6-8-24/h4-10,12-17,19-20,32H,21-22H2,1-3H3. The van der Waals surface area contributed by atoms with Crippen LogP contribution in [-0.4, -0.2) is 33.3 Å². The summed E-state index contributed by atoms with van der Waals surface area (Å²) in [7, 11) is 4.18. The molecule has 1 unspecified atom stereocenters. The van der Waals surface area contributed by atoms with Crippen molar-refractivity contribution >= 4 is 29.6 Å². The first kappa shape index (κ1) is 29.1. The van der Waals surface area contributed by atoms with Crippen LogP contribution in [0.4, 0.5) is 0 Å². The predicted octanol–water partition coefficient (Wildman–Crippen LogP) is 6.99. The van der Waals surface area contributed by atoms with Crippen molar-refractivity contribution in [3.8, 4) is 34.5 Å². The Morgan fingerprint density at radius 2 is 1.50 bits per heavy atom. The minimum absolute atomic E-state index is 0.0474. The van der Waals surface area contributed by atoms with Gasteiger partial charge in [0.15, 0.2) is 5.41 Å². The number of fused-ring (bicyclic) bond motifs is 3. The quantitative estimate of drug-likeness (QED) is 0.139. The molecule has 220 valence electrons. The lowest BCUT2D eigenvalue weighted by atomic mass is 9.84. The fourth-order valence-electron chi connectivity index (χ4n) is 5.99. The molecule has 1 aliphatic carbocycles. The van der Waals surface area contributed by atoms with Gasteiger partial charge in [0.25, 0.3) is 0 Å². The van der Waals surface area contributed by atoms with E-state index < -0.39 is 17.4 Å². The highest BCUT2D eigenvalue weighted by Gasteiger charge is 2.55. The SMILES string of the molecule is COC(=O)C1(C(=O)OC)Cc2c(C#Cc3ccc(Cl)cc3)c(-c3ccc(OC)cc3)c3c(c2C1)OC(c1ccccc1)C=C3. The van der Waals surface area contributed by atoms with Crippen LogP contribution in [0, 0.1) is 17.3 Å². The Morgan fingerprint density at radius 3 is 2.14 bits per heavy atom. The molecule has 4 aromatic carbocycles. The Kier molecular flexibility index (Phi) is 7.90. The maximum Gasteiger partial charge on any atom is 0.323 e. The van der Waals surface area contributed by atoms with Gasteiger partial charge in [-0.05, 0) is 59.2 Å². The lowest BCUT2D eigenvalue weighted by Gasteiger charge is -2.27. The number of benzene rings is 4. The van der Waals surface area contributed by atoms with Gasteiger partial charge in [-0.15, -0.1) is 0 Å². The zero-order chi connectivity index (χ0) is 30.8. The van der Waals surface area contributed by atoms with E-state index in [1.807, 2.05) is 78.9 Å². The van der Waals surface area contributed by atoms with E-state index in [-0.39, 0.29) is 18.9 Å². The first-order chi connectivity index (χ1) is 21.4. The lowest BCUT2D eigenvalue weighted by Crippen LogP contribution is -2.42. The molecule has 0 saturated heterocycles. The number of hydrogen-bond donors (Lipinski definition) is 0. The summed E-state index contributed by atoms with van der Waals surface area (Å²) >= 11 is 6.12. The van der Waals surface area contributed by atoms with Gasteiger partial charge in [0.05, 0.1) is 21.3 Å². The molecule has 0 bridgehead atoms. The summed E-state index contributed by atoms with van der Waals surface area (Å²) in [6.07, 6.45) is 3.79. The summed E-state index contributed by atoms with van der Waals surface area (Å²) in [5.74, 6) is 6.67. The molecular weight excluding hydrogens is 576 g/mol. The maximum absolute atomic E-state index is 13.4. The van der Waals surface area contributed by atoms with Crippen LogP contribution in [0.3, 0.4) is 0 Å². The third-order valence-corrected chi connectivity index (χ3v) is 8.43. The van der Waals surface area contributed by atoms with Crippen molar-refractivity contribution in [3.63, 3.8) is 0 Å². The van der Waals surface area contributed by atoms with Crippen molar-refractivity contribution in [1.82, 2.24) is 0 Å².